The number of fused-ring (bicyclic) bond motifs is 1. The summed E-state index contributed by atoms with van der Waals surface area (Å²) in [6, 6.07) is 7.90. The van der Waals surface area contributed by atoms with Crippen molar-refractivity contribution in [1.29, 1.82) is 0 Å². The number of rotatable bonds is 2. The number of hydrogen-bond donors (Lipinski definition) is 1. The lowest BCUT2D eigenvalue weighted by atomic mass is 9.79. The van der Waals surface area contributed by atoms with Crippen LogP contribution in [0, 0.1) is 0 Å². The Kier molecular flexibility index (Phi) is 4.11. The largest absolute Gasteiger partial charge is 0.481 e. The molecule has 1 atom stereocenters. The molecule has 1 aromatic rings. The van der Waals surface area contributed by atoms with Gasteiger partial charge in [-0.3, -0.25) is 4.79 Å². The molecule has 1 aromatic carbocycles. The molecule has 0 amide bonds. The highest BCUT2D eigenvalue weighted by Gasteiger charge is 2.43. The lowest BCUT2D eigenvalue weighted by Gasteiger charge is -2.23. The van der Waals surface area contributed by atoms with Gasteiger partial charge in [0.15, 0.2) is 0 Å². The van der Waals surface area contributed by atoms with Gasteiger partial charge in [0.1, 0.15) is 0 Å². The van der Waals surface area contributed by atoms with Crippen LogP contribution in [0.4, 0.5) is 0 Å². The molecule has 1 aliphatic carbocycles. The first kappa shape index (κ1) is 12.8. The fourth-order valence-electron chi connectivity index (χ4n) is 2.43. The second kappa shape index (κ2) is 5.15. The molecule has 2 heteroatoms. The predicted molar refractivity (Wildman–Crippen MR) is 65.7 cm³/mol. The zero-order valence-electron chi connectivity index (χ0n) is 10.3. The van der Waals surface area contributed by atoms with Crippen LogP contribution >= 0.6 is 0 Å². The number of aliphatic carboxylic acids is 1. The van der Waals surface area contributed by atoms with Crippen LogP contribution in [0.3, 0.4) is 0 Å². The molecule has 0 fully saturated rings. The maximum absolute atomic E-state index is 11.3. The van der Waals surface area contributed by atoms with Crippen LogP contribution in [0.1, 0.15) is 44.7 Å². The maximum atomic E-state index is 11.3. The topological polar surface area (TPSA) is 37.3 Å². The lowest BCUT2D eigenvalue weighted by Crippen LogP contribution is -2.32. The van der Waals surface area contributed by atoms with Crippen LogP contribution in [0.25, 0.3) is 0 Å². The van der Waals surface area contributed by atoms with E-state index in [2.05, 4.69) is 0 Å². The summed E-state index contributed by atoms with van der Waals surface area (Å²) < 4.78 is 0. The molecule has 0 saturated carbocycles. The van der Waals surface area contributed by atoms with Gasteiger partial charge in [-0.25, -0.2) is 0 Å². The molecule has 1 aliphatic rings. The third-order valence-corrected chi connectivity index (χ3v) is 3.37. The summed E-state index contributed by atoms with van der Waals surface area (Å²) in [5.74, 6) is -0.676. The molecule has 2 nitrogen and oxygen atoms in total. The van der Waals surface area contributed by atoms with Crippen molar-refractivity contribution >= 4 is 5.97 Å². The van der Waals surface area contributed by atoms with E-state index in [0.29, 0.717) is 6.42 Å². The molecule has 16 heavy (non-hydrogen) atoms. The molecule has 0 heterocycles. The van der Waals surface area contributed by atoms with E-state index in [9.17, 15) is 9.90 Å². The summed E-state index contributed by atoms with van der Waals surface area (Å²) in [6.45, 7) is 5.95. The van der Waals surface area contributed by atoms with Crippen LogP contribution < -0.4 is 0 Å². The number of aryl methyl sites for hydroxylation is 1. The average Bonchev–Trinajstić information content (AvgIpc) is 2.72. The minimum absolute atomic E-state index is 0.614. The normalized spacial score (nSPS) is 21.9. The average molecular weight is 220 g/mol. The van der Waals surface area contributed by atoms with E-state index in [-0.39, 0.29) is 0 Å². The Morgan fingerprint density at radius 2 is 2.00 bits per heavy atom. The Labute approximate surface area is 97.3 Å². The molecular weight excluding hydrogens is 200 g/mol. The van der Waals surface area contributed by atoms with Gasteiger partial charge >= 0.3 is 5.97 Å². The van der Waals surface area contributed by atoms with E-state index < -0.39 is 11.4 Å². The molecule has 0 saturated heterocycles. The second-order valence-electron chi connectivity index (χ2n) is 3.90. The van der Waals surface area contributed by atoms with Gasteiger partial charge in [0.05, 0.1) is 5.41 Å². The summed E-state index contributed by atoms with van der Waals surface area (Å²) in [5.41, 5.74) is 1.61. The Morgan fingerprint density at radius 1 is 1.38 bits per heavy atom. The number of carbonyl (C=O) groups is 1. The van der Waals surface area contributed by atoms with Gasteiger partial charge in [-0.05, 0) is 30.4 Å². The zero-order chi connectivity index (χ0) is 12.2. The van der Waals surface area contributed by atoms with Crippen molar-refractivity contribution in [2.45, 2.75) is 45.4 Å². The fraction of sp³-hybridized carbons (Fsp3) is 0.500. The molecule has 1 N–H and O–H groups in total. The summed E-state index contributed by atoms with van der Waals surface area (Å²) in [7, 11) is 0. The molecule has 0 bridgehead atoms. The summed E-state index contributed by atoms with van der Waals surface area (Å²) in [5, 5.41) is 9.31. The van der Waals surface area contributed by atoms with E-state index in [1.165, 1.54) is 5.56 Å². The number of carboxylic acids is 1. The Balaban J connectivity index is 0.000000606. The molecule has 1 unspecified atom stereocenters. The molecule has 0 aliphatic heterocycles. The fourth-order valence-corrected chi connectivity index (χ4v) is 2.43. The van der Waals surface area contributed by atoms with Crippen molar-refractivity contribution in [3.63, 3.8) is 0 Å². The van der Waals surface area contributed by atoms with Gasteiger partial charge in [-0.15, -0.1) is 0 Å². The van der Waals surface area contributed by atoms with Crippen molar-refractivity contribution in [3.05, 3.63) is 35.4 Å². The minimum atomic E-state index is -0.676. The predicted octanol–water partition coefficient (Wildman–Crippen LogP) is 3.39. The number of benzene rings is 1. The molecule has 0 spiro atoms. The Bertz CT molecular complexity index is 371. The first-order valence-electron chi connectivity index (χ1n) is 6.02. The summed E-state index contributed by atoms with van der Waals surface area (Å²) in [4.78, 5) is 11.3. The van der Waals surface area contributed by atoms with E-state index in [0.717, 1.165) is 18.4 Å². The molecule has 2 rings (SSSR count). The number of hydrogen-bond acceptors (Lipinski definition) is 1. The van der Waals surface area contributed by atoms with Crippen molar-refractivity contribution in [2.75, 3.05) is 0 Å². The highest BCUT2D eigenvalue weighted by Crippen LogP contribution is 2.41. The molecule has 0 aromatic heterocycles. The van der Waals surface area contributed by atoms with Gasteiger partial charge < -0.3 is 5.11 Å². The SMILES string of the molecule is CC.CCC1(C(=O)O)CCc2ccccc21. The smallest absolute Gasteiger partial charge is 0.314 e. The molecule has 88 valence electrons. The first-order valence-corrected chi connectivity index (χ1v) is 6.02. The van der Waals surface area contributed by atoms with Crippen molar-refractivity contribution in [1.82, 2.24) is 0 Å². The lowest BCUT2D eigenvalue weighted by molar-refractivity contribution is -0.144. The van der Waals surface area contributed by atoms with E-state index >= 15 is 0 Å². The van der Waals surface area contributed by atoms with Gasteiger partial charge in [0.2, 0.25) is 0 Å². The van der Waals surface area contributed by atoms with Crippen LogP contribution in [0.15, 0.2) is 24.3 Å². The maximum Gasteiger partial charge on any atom is 0.314 e. The van der Waals surface area contributed by atoms with E-state index in [1.807, 2.05) is 45.0 Å². The van der Waals surface area contributed by atoms with Crippen LogP contribution in [0.5, 0.6) is 0 Å². The van der Waals surface area contributed by atoms with Gasteiger partial charge in [0, 0.05) is 0 Å². The third kappa shape index (κ3) is 1.84. The van der Waals surface area contributed by atoms with E-state index in [4.69, 9.17) is 0 Å². The van der Waals surface area contributed by atoms with Gasteiger partial charge in [-0.2, -0.15) is 0 Å². The number of carboxylic acid groups (broad SMARTS) is 1. The van der Waals surface area contributed by atoms with Crippen LogP contribution in [-0.2, 0) is 16.6 Å². The highest BCUT2D eigenvalue weighted by atomic mass is 16.4. The molecule has 0 radical (unpaired) electrons. The molecular formula is C14H20O2. The monoisotopic (exact) mass is 220 g/mol. The minimum Gasteiger partial charge on any atom is -0.481 e. The van der Waals surface area contributed by atoms with E-state index in [1.54, 1.807) is 0 Å². The summed E-state index contributed by atoms with van der Waals surface area (Å²) >= 11 is 0. The first-order chi connectivity index (χ1) is 7.70. The Hall–Kier alpha value is -1.31. The standard InChI is InChI=1S/C12H14O2.C2H6/c1-2-12(11(13)14)8-7-9-5-3-4-6-10(9)12;1-2/h3-6H,2,7-8H2,1H3,(H,13,14);1-2H3. The highest BCUT2D eigenvalue weighted by molar-refractivity contribution is 5.83. The second-order valence-corrected chi connectivity index (χ2v) is 3.90. The Morgan fingerprint density at radius 3 is 2.56 bits per heavy atom. The zero-order valence-corrected chi connectivity index (χ0v) is 10.3. The van der Waals surface area contributed by atoms with Crippen molar-refractivity contribution in [2.24, 2.45) is 0 Å². The van der Waals surface area contributed by atoms with Crippen LogP contribution in [0.2, 0.25) is 0 Å². The van der Waals surface area contributed by atoms with Crippen molar-refractivity contribution < 1.29 is 9.90 Å². The quantitative estimate of drug-likeness (QED) is 0.829. The summed E-state index contributed by atoms with van der Waals surface area (Å²) in [6.07, 6.45) is 2.33. The van der Waals surface area contributed by atoms with Crippen LogP contribution in [-0.4, -0.2) is 11.1 Å². The third-order valence-electron chi connectivity index (χ3n) is 3.37. The van der Waals surface area contributed by atoms with Crippen molar-refractivity contribution in [3.8, 4) is 0 Å². The van der Waals surface area contributed by atoms with Gasteiger partial charge in [0.25, 0.3) is 0 Å². The van der Waals surface area contributed by atoms with Gasteiger partial charge in [-0.1, -0.05) is 45.0 Å².